The number of amides is 1. The lowest BCUT2D eigenvalue weighted by atomic mass is 10.1. The summed E-state index contributed by atoms with van der Waals surface area (Å²) in [4.78, 5) is 52.5. The van der Waals surface area contributed by atoms with Crippen LogP contribution in [0.2, 0.25) is 0 Å². The highest BCUT2D eigenvalue weighted by atomic mass is 19.1. The summed E-state index contributed by atoms with van der Waals surface area (Å²) in [5.74, 6) is -4.03. The van der Waals surface area contributed by atoms with Gasteiger partial charge in [-0.3, -0.25) is 4.79 Å². The summed E-state index contributed by atoms with van der Waals surface area (Å²) in [6.45, 7) is 0.326. The molecule has 0 spiro atoms. The minimum absolute atomic E-state index is 0.00522. The number of nitrogen functional groups attached to an aromatic ring is 2. The van der Waals surface area contributed by atoms with Crippen LogP contribution in [0.4, 0.5) is 21.8 Å². The lowest BCUT2D eigenvalue weighted by Gasteiger charge is -2.19. The van der Waals surface area contributed by atoms with E-state index in [1.165, 1.54) is 18.3 Å². The van der Waals surface area contributed by atoms with Gasteiger partial charge in [-0.25, -0.2) is 23.9 Å². The number of carboxylic acid groups (broad SMARTS) is 2. The van der Waals surface area contributed by atoms with E-state index in [0.717, 1.165) is 0 Å². The third kappa shape index (κ3) is 5.59. The fraction of sp³-hybridized carbons (Fsp3) is 0.250. The number of carbonyl (C=O) groups is 3. The second kappa shape index (κ2) is 9.89. The van der Waals surface area contributed by atoms with Gasteiger partial charge in [0.25, 0.3) is 5.91 Å². The topological polar surface area (TPSA) is 211 Å². The van der Waals surface area contributed by atoms with Crippen molar-refractivity contribution in [3.05, 3.63) is 41.7 Å². The highest BCUT2D eigenvalue weighted by Crippen LogP contribution is 2.19. The first-order chi connectivity index (χ1) is 16.0. The summed E-state index contributed by atoms with van der Waals surface area (Å²) < 4.78 is 13.4. The molecule has 3 aromatic rings. The molecule has 1 amide bonds. The number of fused-ring (bicyclic) bond motifs is 1. The average Bonchev–Trinajstić information content (AvgIpc) is 2.78. The first-order valence-corrected chi connectivity index (χ1v) is 9.81. The standard InChI is InChI=1S/C20H21FN8O5/c1-29(8-10-7-24-16-14(25-10)15(22)27-20(23)28-16)11-4-2-9(3-5-11)17(30)26-13(19(33)34)6-12(21)18(31)32/h2-5,7,12-13H,6,8H2,1H3,(H,26,30)(H,31,32)(H,33,34)(H4,22,23,24,27,28)/t12-,13+/m1/s1. The Kier molecular flexibility index (Phi) is 6.99. The third-order valence-electron chi connectivity index (χ3n) is 4.78. The fourth-order valence-corrected chi connectivity index (χ4v) is 3.03. The van der Waals surface area contributed by atoms with Crippen LogP contribution in [-0.2, 0) is 16.1 Å². The first kappa shape index (κ1) is 24.0. The third-order valence-corrected chi connectivity index (χ3v) is 4.78. The van der Waals surface area contributed by atoms with Crippen LogP contribution in [0.25, 0.3) is 11.2 Å². The van der Waals surface area contributed by atoms with E-state index < -0.39 is 36.5 Å². The molecule has 34 heavy (non-hydrogen) atoms. The second-order valence-electron chi connectivity index (χ2n) is 7.31. The molecule has 0 radical (unpaired) electrons. The van der Waals surface area contributed by atoms with E-state index >= 15 is 0 Å². The number of hydrogen-bond acceptors (Lipinski definition) is 10. The minimum atomic E-state index is -2.42. The highest BCUT2D eigenvalue weighted by molar-refractivity contribution is 5.97. The Balaban J connectivity index is 1.68. The SMILES string of the molecule is CN(Cc1cnc2nc(N)nc(N)c2n1)c1ccc(C(=O)N[C@@H](C[C@@H](F)C(=O)O)C(=O)O)cc1. The Bertz CT molecular complexity index is 1240. The number of alkyl halides is 1. The van der Waals surface area contributed by atoms with E-state index in [1.807, 2.05) is 4.90 Å². The van der Waals surface area contributed by atoms with Gasteiger partial charge in [-0.1, -0.05) is 0 Å². The molecule has 3 rings (SSSR count). The van der Waals surface area contributed by atoms with Crippen molar-refractivity contribution < 1.29 is 29.0 Å². The molecule has 7 N–H and O–H groups in total. The van der Waals surface area contributed by atoms with Gasteiger partial charge in [0.05, 0.1) is 18.4 Å². The molecule has 0 aliphatic rings. The first-order valence-electron chi connectivity index (χ1n) is 9.81. The van der Waals surface area contributed by atoms with Crippen LogP contribution in [0.3, 0.4) is 0 Å². The molecule has 0 saturated heterocycles. The van der Waals surface area contributed by atoms with Gasteiger partial charge >= 0.3 is 11.9 Å². The van der Waals surface area contributed by atoms with Gasteiger partial charge in [-0.05, 0) is 24.3 Å². The number of hydrogen-bond donors (Lipinski definition) is 5. The number of benzene rings is 1. The van der Waals surface area contributed by atoms with Gasteiger partial charge in [0.15, 0.2) is 23.2 Å². The van der Waals surface area contributed by atoms with Crippen LogP contribution in [0.15, 0.2) is 30.5 Å². The highest BCUT2D eigenvalue weighted by Gasteiger charge is 2.28. The van der Waals surface area contributed by atoms with Gasteiger partial charge in [-0.2, -0.15) is 9.97 Å². The van der Waals surface area contributed by atoms with E-state index in [1.54, 1.807) is 19.2 Å². The molecule has 14 heteroatoms. The molecular formula is C20H21FN8O5. The number of nitrogens with zero attached hydrogens (tertiary/aromatic N) is 5. The second-order valence-corrected chi connectivity index (χ2v) is 7.31. The van der Waals surface area contributed by atoms with Gasteiger partial charge in [0.2, 0.25) is 5.95 Å². The van der Waals surface area contributed by atoms with Crippen LogP contribution in [0.5, 0.6) is 0 Å². The maximum Gasteiger partial charge on any atom is 0.338 e. The van der Waals surface area contributed by atoms with Crippen LogP contribution in [-0.4, -0.2) is 67.3 Å². The number of nitrogens with one attached hydrogen (secondary N) is 1. The summed E-state index contributed by atoms with van der Waals surface area (Å²) in [5, 5.41) is 19.9. The number of aromatic nitrogens is 4. The van der Waals surface area contributed by atoms with E-state index in [0.29, 0.717) is 23.4 Å². The van der Waals surface area contributed by atoms with Gasteiger partial charge in [0, 0.05) is 24.7 Å². The molecule has 0 fully saturated rings. The van der Waals surface area contributed by atoms with Crippen molar-refractivity contribution in [2.75, 3.05) is 23.4 Å². The van der Waals surface area contributed by atoms with Crippen molar-refractivity contribution in [1.29, 1.82) is 0 Å². The molecule has 178 valence electrons. The number of halogens is 1. The molecule has 2 aromatic heterocycles. The van der Waals surface area contributed by atoms with Crippen LogP contribution in [0, 0.1) is 0 Å². The summed E-state index contributed by atoms with van der Waals surface area (Å²) in [6, 6.07) is 4.44. The lowest BCUT2D eigenvalue weighted by molar-refractivity contribution is -0.145. The quantitative estimate of drug-likeness (QED) is 0.283. The Morgan fingerprint density at radius 3 is 2.38 bits per heavy atom. The molecule has 0 bridgehead atoms. The van der Waals surface area contributed by atoms with E-state index in [-0.39, 0.29) is 23.0 Å². The molecule has 13 nitrogen and oxygen atoms in total. The Morgan fingerprint density at radius 2 is 1.76 bits per heavy atom. The van der Waals surface area contributed by atoms with E-state index in [9.17, 15) is 18.8 Å². The Morgan fingerprint density at radius 1 is 1.09 bits per heavy atom. The molecule has 2 heterocycles. The van der Waals surface area contributed by atoms with Gasteiger partial charge < -0.3 is 31.9 Å². The lowest BCUT2D eigenvalue weighted by Crippen LogP contribution is -2.43. The maximum absolute atomic E-state index is 13.4. The van der Waals surface area contributed by atoms with Crippen molar-refractivity contribution >= 4 is 46.5 Å². The van der Waals surface area contributed by atoms with Crippen molar-refractivity contribution in [3.8, 4) is 0 Å². The summed E-state index contributed by atoms with van der Waals surface area (Å²) in [5.41, 5.74) is 13.4. The molecule has 1 aromatic carbocycles. The number of anilines is 3. The van der Waals surface area contributed by atoms with Gasteiger partial charge in [-0.15, -0.1) is 0 Å². The monoisotopic (exact) mass is 472 g/mol. The van der Waals surface area contributed by atoms with Crippen LogP contribution < -0.4 is 21.7 Å². The fourth-order valence-electron chi connectivity index (χ4n) is 3.03. The molecule has 2 atom stereocenters. The normalized spacial score (nSPS) is 12.6. The maximum atomic E-state index is 13.4. The zero-order chi connectivity index (χ0) is 25.0. The van der Waals surface area contributed by atoms with E-state index in [2.05, 4.69) is 25.3 Å². The van der Waals surface area contributed by atoms with Crippen molar-refractivity contribution in [3.63, 3.8) is 0 Å². The zero-order valence-corrected chi connectivity index (χ0v) is 17.8. The molecule has 0 aliphatic carbocycles. The number of carbonyl (C=O) groups excluding carboxylic acids is 1. The number of carboxylic acids is 2. The number of rotatable bonds is 9. The number of nitrogens with two attached hydrogens (primary N) is 2. The van der Waals surface area contributed by atoms with Crippen molar-refractivity contribution in [2.45, 2.75) is 25.2 Å². The van der Waals surface area contributed by atoms with Crippen molar-refractivity contribution in [1.82, 2.24) is 25.3 Å². The molecule has 0 aliphatic heterocycles. The summed E-state index contributed by atoms with van der Waals surface area (Å²) in [6.07, 6.45) is -1.80. The molecule has 0 saturated carbocycles. The Labute approximate surface area is 191 Å². The van der Waals surface area contributed by atoms with Gasteiger partial charge in [0.1, 0.15) is 6.04 Å². The summed E-state index contributed by atoms with van der Waals surface area (Å²) >= 11 is 0. The molecule has 0 unspecified atom stereocenters. The zero-order valence-electron chi connectivity index (χ0n) is 17.8. The van der Waals surface area contributed by atoms with Crippen LogP contribution >= 0.6 is 0 Å². The van der Waals surface area contributed by atoms with Crippen LogP contribution in [0.1, 0.15) is 22.5 Å². The predicted molar refractivity (Wildman–Crippen MR) is 119 cm³/mol. The van der Waals surface area contributed by atoms with Crippen molar-refractivity contribution in [2.24, 2.45) is 0 Å². The smallest absolute Gasteiger partial charge is 0.338 e. The molecular weight excluding hydrogens is 451 g/mol. The number of aliphatic carboxylic acids is 2. The Hall–Kier alpha value is -4.62. The van der Waals surface area contributed by atoms with E-state index in [4.69, 9.17) is 21.7 Å². The predicted octanol–water partition coefficient (Wildman–Crippen LogP) is 0.216. The average molecular weight is 472 g/mol. The largest absolute Gasteiger partial charge is 0.480 e. The minimum Gasteiger partial charge on any atom is -0.480 e. The summed E-state index contributed by atoms with van der Waals surface area (Å²) in [7, 11) is 1.78.